The molecule has 1 unspecified atom stereocenters. The van der Waals surface area contributed by atoms with E-state index in [1.807, 2.05) is 38.2 Å². The first-order chi connectivity index (χ1) is 10.1. The molecule has 0 spiro atoms. The van der Waals surface area contributed by atoms with Gasteiger partial charge in [0, 0.05) is 13.1 Å². The maximum Gasteiger partial charge on any atom is 0.228 e. The smallest absolute Gasteiger partial charge is 0.228 e. The monoisotopic (exact) mass is 285 g/mol. The van der Waals surface area contributed by atoms with E-state index in [0.29, 0.717) is 18.8 Å². The minimum absolute atomic E-state index is 0.0558. The number of carbonyl (C=O) groups excluding carboxylic acids is 1. The Labute approximate surface area is 123 Å². The Morgan fingerprint density at radius 1 is 1.48 bits per heavy atom. The van der Waals surface area contributed by atoms with Gasteiger partial charge in [-0.25, -0.2) is 0 Å². The van der Waals surface area contributed by atoms with Crippen molar-refractivity contribution in [3.05, 3.63) is 47.2 Å². The highest BCUT2D eigenvalue weighted by atomic mass is 16.5. The number of hydrogen-bond donors (Lipinski definition) is 1. The van der Waals surface area contributed by atoms with Gasteiger partial charge in [0.1, 0.15) is 5.82 Å². The van der Waals surface area contributed by atoms with Gasteiger partial charge < -0.3 is 10.1 Å². The van der Waals surface area contributed by atoms with Gasteiger partial charge in [0.05, 0.1) is 24.8 Å². The van der Waals surface area contributed by atoms with Gasteiger partial charge in [-0.3, -0.25) is 9.48 Å². The average molecular weight is 285 g/mol. The number of nitrogens with zero attached hydrogens (tertiary/aromatic N) is 2. The van der Waals surface area contributed by atoms with Crippen LogP contribution in [0.5, 0.6) is 0 Å². The van der Waals surface area contributed by atoms with Crippen LogP contribution in [0.3, 0.4) is 0 Å². The van der Waals surface area contributed by atoms with Crippen molar-refractivity contribution in [3.8, 4) is 0 Å². The summed E-state index contributed by atoms with van der Waals surface area (Å²) in [6.07, 6.45) is 1.07. The lowest BCUT2D eigenvalue weighted by atomic mass is 9.96. The molecule has 0 aliphatic carbocycles. The van der Waals surface area contributed by atoms with Crippen molar-refractivity contribution in [1.29, 1.82) is 0 Å². The molecule has 0 bridgehead atoms. The molecule has 0 radical (unpaired) electrons. The van der Waals surface area contributed by atoms with Gasteiger partial charge >= 0.3 is 0 Å². The van der Waals surface area contributed by atoms with Gasteiger partial charge in [0.15, 0.2) is 0 Å². The summed E-state index contributed by atoms with van der Waals surface area (Å²) in [5.74, 6) is 0.654. The fourth-order valence-electron chi connectivity index (χ4n) is 2.74. The summed E-state index contributed by atoms with van der Waals surface area (Å²) in [6.45, 7) is 2.57. The van der Waals surface area contributed by atoms with Gasteiger partial charge in [0.25, 0.3) is 0 Å². The molecular formula is C16H19N3O2. The van der Waals surface area contributed by atoms with Crippen LogP contribution in [0.2, 0.25) is 0 Å². The van der Waals surface area contributed by atoms with Crippen molar-refractivity contribution in [2.75, 3.05) is 11.9 Å². The molecule has 1 N–H and O–H groups in total. The molecule has 1 atom stereocenters. The topological polar surface area (TPSA) is 56.1 Å². The van der Waals surface area contributed by atoms with Crippen LogP contribution >= 0.6 is 0 Å². The number of ether oxygens (including phenoxy) is 1. The SMILES string of the molecule is Cc1cc(NC(=O)CC2OCCc3ccccc32)n(C)n1. The Hall–Kier alpha value is -2.14. The molecule has 2 heterocycles. The van der Waals surface area contributed by atoms with E-state index in [9.17, 15) is 4.79 Å². The number of fused-ring (bicyclic) bond motifs is 1. The van der Waals surface area contributed by atoms with Crippen molar-refractivity contribution in [2.24, 2.45) is 7.05 Å². The highest BCUT2D eigenvalue weighted by Gasteiger charge is 2.23. The van der Waals surface area contributed by atoms with E-state index in [-0.39, 0.29) is 12.0 Å². The van der Waals surface area contributed by atoms with Gasteiger partial charge in [-0.1, -0.05) is 24.3 Å². The zero-order valence-electron chi connectivity index (χ0n) is 12.3. The average Bonchev–Trinajstić information content (AvgIpc) is 2.77. The van der Waals surface area contributed by atoms with Crippen LogP contribution in [0, 0.1) is 6.92 Å². The normalized spacial score (nSPS) is 17.3. The first kappa shape index (κ1) is 13.8. The van der Waals surface area contributed by atoms with Crippen LogP contribution in [-0.2, 0) is 23.0 Å². The summed E-state index contributed by atoms with van der Waals surface area (Å²) in [5, 5.41) is 7.11. The van der Waals surface area contributed by atoms with Gasteiger partial charge in [-0.05, 0) is 24.5 Å². The Bertz CT molecular complexity index is 663. The highest BCUT2D eigenvalue weighted by Crippen LogP contribution is 2.29. The predicted octanol–water partition coefficient (Wildman–Crippen LogP) is 2.37. The van der Waals surface area contributed by atoms with Crippen LogP contribution in [-0.4, -0.2) is 22.3 Å². The Morgan fingerprint density at radius 2 is 2.29 bits per heavy atom. The number of aryl methyl sites for hydroxylation is 2. The van der Waals surface area contributed by atoms with Crippen molar-refractivity contribution < 1.29 is 9.53 Å². The number of amides is 1. The van der Waals surface area contributed by atoms with Crippen LogP contribution in [0.15, 0.2) is 30.3 Å². The molecule has 1 aromatic heterocycles. The lowest BCUT2D eigenvalue weighted by Crippen LogP contribution is -2.23. The summed E-state index contributed by atoms with van der Waals surface area (Å²) < 4.78 is 7.43. The van der Waals surface area contributed by atoms with E-state index >= 15 is 0 Å². The first-order valence-corrected chi connectivity index (χ1v) is 7.13. The van der Waals surface area contributed by atoms with Crippen molar-refractivity contribution in [2.45, 2.75) is 25.9 Å². The summed E-state index contributed by atoms with van der Waals surface area (Å²) in [6, 6.07) is 10.0. The lowest BCUT2D eigenvalue weighted by molar-refractivity contribution is -0.119. The first-order valence-electron chi connectivity index (χ1n) is 7.13. The molecule has 2 aromatic rings. The van der Waals surface area contributed by atoms with Gasteiger partial charge in [-0.2, -0.15) is 5.10 Å². The van der Waals surface area contributed by atoms with Crippen molar-refractivity contribution in [1.82, 2.24) is 9.78 Å². The minimum atomic E-state index is -0.163. The molecular weight excluding hydrogens is 266 g/mol. The predicted molar refractivity (Wildman–Crippen MR) is 80.0 cm³/mol. The molecule has 0 saturated carbocycles. The van der Waals surface area contributed by atoms with Crippen LogP contribution in [0.1, 0.15) is 29.3 Å². The molecule has 5 nitrogen and oxygen atoms in total. The number of hydrogen-bond acceptors (Lipinski definition) is 3. The summed E-state index contributed by atoms with van der Waals surface area (Å²) >= 11 is 0. The zero-order valence-corrected chi connectivity index (χ0v) is 12.3. The highest BCUT2D eigenvalue weighted by molar-refractivity contribution is 5.90. The molecule has 1 aliphatic rings. The molecule has 0 saturated heterocycles. The zero-order chi connectivity index (χ0) is 14.8. The standard InChI is InChI=1S/C16H19N3O2/c1-11-9-15(19(2)18-11)17-16(20)10-14-13-6-4-3-5-12(13)7-8-21-14/h3-6,9,14H,7-8,10H2,1-2H3,(H,17,20). The molecule has 1 aliphatic heterocycles. The van der Waals surface area contributed by atoms with Crippen LogP contribution < -0.4 is 5.32 Å². The van der Waals surface area contributed by atoms with Crippen molar-refractivity contribution >= 4 is 11.7 Å². The van der Waals surface area contributed by atoms with E-state index < -0.39 is 0 Å². The van der Waals surface area contributed by atoms with E-state index in [1.54, 1.807) is 4.68 Å². The van der Waals surface area contributed by atoms with Crippen LogP contribution in [0.25, 0.3) is 0 Å². The Morgan fingerprint density at radius 3 is 3.05 bits per heavy atom. The summed E-state index contributed by atoms with van der Waals surface area (Å²) in [5.41, 5.74) is 3.28. The third-order valence-corrected chi connectivity index (χ3v) is 3.73. The van der Waals surface area contributed by atoms with Gasteiger partial charge in [0.2, 0.25) is 5.91 Å². The fourth-order valence-corrected chi connectivity index (χ4v) is 2.74. The second-order valence-corrected chi connectivity index (χ2v) is 5.36. The molecule has 21 heavy (non-hydrogen) atoms. The maximum atomic E-state index is 12.2. The van der Waals surface area contributed by atoms with E-state index in [4.69, 9.17) is 4.74 Å². The second-order valence-electron chi connectivity index (χ2n) is 5.36. The van der Waals surface area contributed by atoms with E-state index in [1.165, 1.54) is 5.56 Å². The molecule has 0 fully saturated rings. The number of benzene rings is 1. The Kier molecular flexibility index (Phi) is 3.75. The molecule has 1 amide bonds. The number of carbonyl (C=O) groups is 1. The summed E-state index contributed by atoms with van der Waals surface area (Å²) in [7, 11) is 1.81. The lowest BCUT2D eigenvalue weighted by Gasteiger charge is -2.25. The quantitative estimate of drug-likeness (QED) is 0.942. The summed E-state index contributed by atoms with van der Waals surface area (Å²) in [4.78, 5) is 12.2. The van der Waals surface area contributed by atoms with Gasteiger partial charge in [-0.15, -0.1) is 0 Å². The fraction of sp³-hybridized carbons (Fsp3) is 0.375. The van der Waals surface area contributed by atoms with Crippen LogP contribution in [0.4, 0.5) is 5.82 Å². The minimum Gasteiger partial charge on any atom is -0.373 e. The van der Waals surface area contributed by atoms with E-state index in [2.05, 4.69) is 16.5 Å². The third-order valence-electron chi connectivity index (χ3n) is 3.73. The molecule has 110 valence electrons. The molecule has 3 rings (SSSR count). The largest absolute Gasteiger partial charge is 0.373 e. The van der Waals surface area contributed by atoms with Crippen molar-refractivity contribution in [3.63, 3.8) is 0 Å². The second kappa shape index (κ2) is 5.69. The number of rotatable bonds is 3. The maximum absolute atomic E-state index is 12.2. The number of nitrogens with one attached hydrogen (secondary N) is 1. The van der Waals surface area contributed by atoms with E-state index in [0.717, 1.165) is 17.7 Å². The molecule has 5 heteroatoms. The number of anilines is 1. The number of aromatic nitrogens is 2. The Balaban J connectivity index is 1.70. The third kappa shape index (κ3) is 2.97. The molecule has 1 aromatic carbocycles.